The Morgan fingerprint density at radius 2 is 2.00 bits per heavy atom. The van der Waals surface area contributed by atoms with Gasteiger partial charge in [-0.2, -0.15) is 0 Å². The van der Waals surface area contributed by atoms with Gasteiger partial charge in [-0.25, -0.2) is 4.39 Å². The van der Waals surface area contributed by atoms with Crippen molar-refractivity contribution in [3.63, 3.8) is 0 Å². The van der Waals surface area contributed by atoms with E-state index in [4.69, 9.17) is 4.74 Å². The molecule has 2 saturated heterocycles. The van der Waals surface area contributed by atoms with Crippen molar-refractivity contribution in [2.24, 2.45) is 11.8 Å². The van der Waals surface area contributed by atoms with E-state index in [1.165, 1.54) is 6.07 Å². The summed E-state index contributed by atoms with van der Waals surface area (Å²) in [5, 5.41) is 0. The van der Waals surface area contributed by atoms with E-state index < -0.39 is 0 Å². The van der Waals surface area contributed by atoms with E-state index >= 15 is 0 Å². The van der Waals surface area contributed by atoms with Crippen LogP contribution in [-0.2, 0) is 16.1 Å². The second-order valence-corrected chi connectivity index (χ2v) is 6.08. The number of carbonyl (C=O) groups excluding carboxylic acids is 1. The van der Waals surface area contributed by atoms with Gasteiger partial charge in [0.25, 0.3) is 0 Å². The number of likely N-dealkylation sites (tertiary alicyclic amines) is 2. The molecule has 2 atom stereocenters. The zero-order chi connectivity index (χ0) is 14.8. The first-order valence-electron chi connectivity index (χ1n) is 7.39. The van der Waals surface area contributed by atoms with Crippen molar-refractivity contribution in [1.29, 1.82) is 0 Å². The summed E-state index contributed by atoms with van der Waals surface area (Å²) in [6.45, 7) is 4.58. The van der Waals surface area contributed by atoms with E-state index in [1.807, 2.05) is 11.0 Å². The number of hydrogen-bond acceptors (Lipinski definition) is 3. The molecule has 4 nitrogen and oxygen atoms in total. The van der Waals surface area contributed by atoms with Gasteiger partial charge in [0.2, 0.25) is 5.91 Å². The van der Waals surface area contributed by atoms with Gasteiger partial charge in [0.1, 0.15) is 12.4 Å². The molecule has 0 aliphatic carbocycles. The first kappa shape index (κ1) is 14.5. The third-order valence-corrected chi connectivity index (χ3v) is 4.48. The summed E-state index contributed by atoms with van der Waals surface area (Å²) in [4.78, 5) is 16.1. The number of nitrogens with zero attached hydrogens (tertiary/aromatic N) is 2. The van der Waals surface area contributed by atoms with Crippen molar-refractivity contribution in [1.82, 2.24) is 9.80 Å². The molecule has 0 bridgehead atoms. The number of hydrogen-bond donors (Lipinski definition) is 0. The molecule has 21 heavy (non-hydrogen) atoms. The number of fused-ring (bicyclic) bond motifs is 1. The normalized spacial score (nSPS) is 25.3. The van der Waals surface area contributed by atoms with E-state index in [0.29, 0.717) is 11.8 Å². The molecule has 1 aromatic carbocycles. The van der Waals surface area contributed by atoms with Gasteiger partial charge in [-0.1, -0.05) is 12.1 Å². The highest BCUT2D eigenvalue weighted by atomic mass is 19.1. The van der Waals surface area contributed by atoms with Gasteiger partial charge in [0, 0.05) is 39.8 Å². The van der Waals surface area contributed by atoms with Crippen LogP contribution in [0.5, 0.6) is 0 Å². The standard InChI is InChI=1S/C16H21FN2O2/c1-21-11-16(20)19-9-13-7-18(8-14(13)10-19)6-12-3-2-4-15(17)5-12/h2-5,13-14H,6-11H2,1H3/t13-,14-/m0/s1. The average Bonchev–Trinajstić information content (AvgIpc) is 2.97. The molecular weight excluding hydrogens is 271 g/mol. The average molecular weight is 292 g/mol. The van der Waals surface area contributed by atoms with Gasteiger partial charge in [0.15, 0.2) is 0 Å². The molecule has 1 aromatic rings. The predicted molar refractivity (Wildman–Crippen MR) is 77.1 cm³/mol. The summed E-state index contributed by atoms with van der Waals surface area (Å²) in [5.74, 6) is 0.991. The predicted octanol–water partition coefficient (Wildman–Crippen LogP) is 1.36. The minimum Gasteiger partial charge on any atom is -0.375 e. The van der Waals surface area contributed by atoms with Crippen molar-refractivity contribution >= 4 is 5.91 Å². The molecule has 0 saturated carbocycles. The Kier molecular flexibility index (Phi) is 4.22. The molecule has 0 aromatic heterocycles. The lowest BCUT2D eigenvalue weighted by Crippen LogP contribution is -2.35. The molecule has 2 fully saturated rings. The molecule has 2 aliphatic heterocycles. The maximum atomic E-state index is 13.2. The lowest BCUT2D eigenvalue weighted by molar-refractivity contribution is -0.134. The third-order valence-electron chi connectivity index (χ3n) is 4.48. The Bertz CT molecular complexity index is 509. The number of ether oxygens (including phenoxy) is 1. The van der Waals surface area contributed by atoms with Crippen LogP contribution in [0.2, 0.25) is 0 Å². The van der Waals surface area contributed by atoms with Gasteiger partial charge in [-0.05, 0) is 29.5 Å². The Morgan fingerprint density at radius 1 is 1.29 bits per heavy atom. The van der Waals surface area contributed by atoms with Crippen molar-refractivity contribution in [3.05, 3.63) is 35.6 Å². The van der Waals surface area contributed by atoms with E-state index in [0.717, 1.165) is 38.3 Å². The number of amides is 1. The maximum absolute atomic E-state index is 13.2. The smallest absolute Gasteiger partial charge is 0.248 e. The summed E-state index contributed by atoms with van der Waals surface area (Å²) in [6.07, 6.45) is 0. The first-order valence-corrected chi connectivity index (χ1v) is 7.39. The molecule has 5 heteroatoms. The number of carbonyl (C=O) groups is 1. The van der Waals surface area contributed by atoms with Crippen LogP contribution in [-0.4, -0.2) is 55.6 Å². The molecule has 3 rings (SSSR count). The topological polar surface area (TPSA) is 32.8 Å². The summed E-state index contributed by atoms with van der Waals surface area (Å²) in [5.41, 5.74) is 1.02. The fraction of sp³-hybridized carbons (Fsp3) is 0.562. The Morgan fingerprint density at radius 3 is 2.62 bits per heavy atom. The fourth-order valence-electron chi connectivity index (χ4n) is 3.53. The molecular formula is C16H21FN2O2. The Balaban J connectivity index is 1.53. The monoisotopic (exact) mass is 292 g/mol. The van der Waals surface area contributed by atoms with Crippen LogP contribution in [0.1, 0.15) is 5.56 Å². The molecule has 1 amide bonds. The number of rotatable bonds is 4. The van der Waals surface area contributed by atoms with Crippen molar-refractivity contribution in [2.45, 2.75) is 6.54 Å². The lowest BCUT2D eigenvalue weighted by atomic mass is 10.0. The zero-order valence-corrected chi connectivity index (χ0v) is 12.3. The number of halogens is 1. The Labute approximate surface area is 124 Å². The lowest BCUT2D eigenvalue weighted by Gasteiger charge is -2.21. The SMILES string of the molecule is COCC(=O)N1C[C@@H]2CN(Cc3cccc(F)c3)C[C@H]2C1. The second-order valence-electron chi connectivity index (χ2n) is 6.08. The minimum atomic E-state index is -0.178. The van der Waals surface area contributed by atoms with Crippen LogP contribution >= 0.6 is 0 Å². The molecule has 0 spiro atoms. The summed E-state index contributed by atoms with van der Waals surface area (Å²) < 4.78 is 18.1. The molecule has 0 N–H and O–H groups in total. The van der Waals surface area contributed by atoms with E-state index in [2.05, 4.69) is 4.90 Å². The molecule has 0 unspecified atom stereocenters. The highest BCUT2D eigenvalue weighted by molar-refractivity contribution is 5.77. The van der Waals surface area contributed by atoms with Crippen LogP contribution in [0.3, 0.4) is 0 Å². The Hall–Kier alpha value is -1.46. The quantitative estimate of drug-likeness (QED) is 0.840. The summed E-state index contributed by atoms with van der Waals surface area (Å²) in [6, 6.07) is 6.79. The van der Waals surface area contributed by atoms with Crippen LogP contribution in [0.15, 0.2) is 24.3 Å². The minimum absolute atomic E-state index is 0.0866. The van der Waals surface area contributed by atoms with Crippen molar-refractivity contribution in [3.8, 4) is 0 Å². The number of benzene rings is 1. The summed E-state index contributed by atoms with van der Waals surface area (Å²) in [7, 11) is 1.55. The molecule has 0 radical (unpaired) electrons. The van der Waals surface area contributed by atoms with Gasteiger partial charge in [-0.3, -0.25) is 9.69 Å². The molecule has 2 aliphatic rings. The highest BCUT2D eigenvalue weighted by Gasteiger charge is 2.41. The summed E-state index contributed by atoms with van der Waals surface area (Å²) >= 11 is 0. The number of methoxy groups -OCH3 is 1. The van der Waals surface area contributed by atoms with E-state index in [1.54, 1.807) is 19.2 Å². The van der Waals surface area contributed by atoms with Gasteiger partial charge < -0.3 is 9.64 Å². The van der Waals surface area contributed by atoms with Crippen LogP contribution in [0.25, 0.3) is 0 Å². The van der Waals surface area contributed by atoms with Gasteiger partial charge in [0.05, 0.1) is 0 Å². The largest absolute Gasteiger partial charge is 0.375 e. The van der Waals surface area contributed by atoms with E-state index in [-0.39, 0.29) is 18.3 Å². The zero-order valence-electron chi connectivity index (χ0n) is 12.3. The second kappa shape index (κ2) is 6.12. The van der Waals surface area contributed by atoms with Crippen molar-refractivity contribution in [2.75, 3.05) is 39.9 Å². The van der Waals surface area contributed by atoms with Crippen molar-refractivity contribution < 1.29 is 13.9 Å². The van der Waals surface area contributed by atoms with Crippen LogP contribution < -0.4 is 0 Å². The van der Waals surface area contributed by atoms with Crippen LogP contribution in [0.4, 0.5) is 4.39 Å². The molecule has 2 heterocycles. The van der Waals surface area contributed by atoms with E-state index in [9.17, 15) is 9.18 Å². The highest BCUT2D eigenvalue weighted by Crippen LogP contribution is 2.31. The molecule has 114 valence electrons. The fourth-order valence-corrected chi connectivity index (χ4v) is 3.53. The first-order chi connectivity index (χ1) is 10.2. The van der Waals surface area contributed by atoms with Crippen LogP contribution in [0, 0.1) is 17.7 Å². The van der Waals surface area contributed by atoms with Gasteiger partial charge >= 0.3 is 0 Å². The maximum Gasteiger partial charge on any atom is 0.248 e. The van der Waals surface area contributed by atoms with Gasteiger partial charge in [-0.15, -0.1) is 0 Å². The third kappa shape index (κ3) is 3.24.